The van der Waals surface area contributed by atoms with Crippen LogP contribution in [0.5, 0.6) is 0 Å². The molecule has 4 aliphatic rings. The van der Waals surface area contributed by atoms with Gasteiger partial charge in [-0.3, -0.25) is 0 Å². The second-order valence-electron chi connectivity index (χ2n) is 7.95. The summed E-state index contributed by atoms with van der Waals surface area (Å²) in [6, 6.07) is 0. The van der Waals surface area contributed by atoms with Gasteiger partial charge in [0.05, 0.1) is 30.0 Å². The molecule has 4 fully saturated rings. The van der Waals surface area contributed by atoms with Gasteiger partial charge in [0.2, 0.25) is 0 Å². The zero-order valence-electron chi connectivity index (χ0n) is 14.2. The van der Waals surface area contributed by atoms with Gasteiger partial charge in [0.15, 0.2) is 6.29 Å². The maximum absolute atomic E-state index is 10.3. The minimum Gasteiger partial charge on any atom is -0.394 e. The quantitative estimate of drug-likeness (QED) is 0.417. The van der Waals surface area contributed by atoms with Crippen LogP contribution in [0.1, 0.15) is 33.6 Å². The molecule has 0 spiro atoms. The number of hydrogen-bond acceptors (Lipinski definition) is 8. The summed E-state index contributed by atoms with van der Waals surface area (Å²) in [5.74, 6) is -0.116. The molecule has 0 aromatic carbocycles. The number of ether oxygens (including phenoxy) is 3. The topological polar surface area (TPSA) is 129 Å². The SMILES string of the molecule is CC1(C)O[C@@]2(C)C[C@@H](O)[C@@H]1C[C@@H]2O[C@@H]1O[C@H](CO)[C@@H](O)[C@H](O)[C@H]1O. The molecule has 1 aliphatic carbocycles. The number of fused-ring (bicyclic) bond motifs is 3. The van der Waals surface area contributed by atoms with E-state index in [9.17, 15) is 25.5 Å². The van der Waals surface area contributed by atoms with E-state index in [1.807, 2.05) is 20.8 Å². The zero-order chi connectivity index (χ0) is 17.9. The summed E-state index contributed by atoms with van der Waals surface area (Å²) >= 11 is 0. The van der Waals surface area contributed by atoms with Crippen LogP contribution in [0.3, 0.4) is 0 Å². The third kappa shape index (κ3) is 2.89. The van der Waals surface area contributed by atoms with Crippen LogP contribution in [-0.4, -0.2) is 86.3 Å². The molecule has 3 aliphatic heterocycles. The van der Waals surface area contributed by atoms with Gasteiger partial charge in [-0.1, -0.05) is 0 Å². The molecule has 3 saturated heterocycles. The van der Waals surface area contributed by atoms with Crippen molar-refractivity contribution in [2.24, 2.45) is 5.92 Å². The van der Waals surface area contributed by atoms with E-state index in [1.165, 1.54) is 0 Å². The van der Waals surface area contributed by atoms with Gasteiger partial charge in [0, 0.05) is 12.3 Å². The van der Waals surface area contributed by atoms with Crippen LogP contribution in [-0.2, 0) is 14.2 Å². The van der Waals surface area contributed by atoms with Gasteiger partial charge in [-0.05, 0) is 27.2 Å². The van der Waals surface area contributed by atoms with Crippen molar-refractivity contribution in [3.63, 3.8) is 0 Å². The Morgan fingerprint density at radius 2 is 1.71 bits per heavy atom. The predicted octanol–water partition coefficient (Wildman–Crippen LogP) is -1.49. The molecule has 9 atom stereocenters. The van der Waals surface area contributed by atoms with Crippen LogP contribution >= 0.6 is 0 Å². The van der Waals surface area contributed by atoms with Gasteiger partial charge in [-0.25, -0.2) is 0 Å². The summed E-state index contributed by atoms with van der Waals surface area (Å²) in [6.07, 6.45) is -6.53. The highest BCUT2D eigenvalue weighted by molar-refractivity contribution is 5.08. The van der Waals surface area contributed by atoms with Gasteiger partial charge in [-0.15, -0.1) is 0 Å². The van der Waals surface area contributed by atoms with Gasteiger partial charge in [0.25, 0.3) is 0 Å². The maximum Gasteiger partial charge on any atom is 0.187 e. The van der Waals surface area contributed by atoms with Crippen molar-refractivity contribution in [2.75, 3.05) is 6.61 Å². The zero-order valence-corrected chi connectivity index (χ0v) is 14.2. The van der Waals surface area contributed by atoms with Crippen LogP contribution in [0, 0.1) is 5.92 Å². The average Bonchev–Trinajstić information content (AvgIpc) is 2.47. The number of aliphatic hydroxyl groups is 5. The van der Waals surface area contributed by atoms with Crippen molar-refractivity contribution < 1.29 is 39.7 Å². The molecule has 4 rings (SSSR count). The van der Waals surface area contributed by atoms with E-state index in [2.05, 4.69) is 0 Å². The molecule has 0 aromatic heterocycles. The van der Waals surface area contributed by atoms with E-state index >= 15 is 0 Å². The summed E-state index contributed by atoms with van der Waals surface area (Å²) in [5.41, 5.74) is -1.24. The smallest absolute Gasteiger partial charge is 0.187 e. The van der Waals surface area contributed by atoms with Crippen molar-refractivity contribution in [3.05, 3.63) is 0 Å². The first kappa shape index (κ1) is 18.5. The summed E-state index contributed by atoms with van der Waals surface area (Å²) in [5, 5.41) is 49.4. The summed E-state index contributed by atoms with van der Waals surface area (Å²) in [6.45, 7) is 5.21. The molecular formula is C16H28O8. The Bertz CT molecular complexity index is 469. The fourth-order valence-electron chi connectivity index (χ4n) is 4.40. The molecule has 0 unspecified atom stereocenters. The highest BCUT2D eigenvalue weighted by atomic mass is 16.7. The van der Waals surface area contributed by atoms with Gasteiger partial charge >= 0.3 is 0 Å². The minimum absolute atomic E-state index is 0.116. The summed E-state index contributed by atoms with van der Waals surface area (Å²) < 4.78 is 17.4. The van der Waals surface area contributed by atoms with Crippen molar-refractivity contribution in [1.29, 1.82) is 0 Å². The van der Waals surface area contributed by atoms with Crippen LogP contribution in [0.4, 0.5) is 0 Å². The maximum atomic E-state index is 10.3. The third-order valence-corrected chi connectivity index (χ3v) is 5.76. The minimum atomic E-state index is -1.47. The van der Waals surface area contributed by atoms with E-state index in [1.54, 1.807) is 0 Å². The Kier molecular flexibility index (Phi) is 4.72. The van der Waals surface area contributed by atoms with Crippen molar-refractivity contribution in [3.8, 4) is 0 Å². The molecule has 0 radical (unpaired) electrons. The van der Waals surface area contributed by atoms with E-state index < -0.39 is 60.7 Å². The normalized spacial score (nSPS) is 54.0. The molecule has 8 nitrogen and oxygen atoms in total. The first-order valence-electron chi connectivity index (χ1n) is 8.43. The Balaban J connectivity index is 1.75. The Morgan fingerprint density at radius 1 is 1.04 bits per heavy atom. The standard InChI is InChI=1S/C16H28O8/c1-15(2)7-4-10(16(3,24-15)5-8(7)18)23-14-13(21)12(20)11(19)9(6-17)22-14/h7-14,17-21H,4-6H2,1-3H3/t7-,8+,9+,10-,11+,12-,13+,14-,16-/m0/s1. The van der Waals surface area contributed by atoms with Crippen molar-refractivity contribution >= 4 is 0 Å². The second-order valence-corrected chi connectivity index (χ2v) is 7.95. The Hall–Kier alpha value is -0.320. The first-order chi connectivity index (χ1) is 11.1. The highest BCUT2D eigenvalue weighted by Gasteiger charge is 2.59. The van der Waals surface area contributed by atoms with E-state index in [-0.39, 0.29) is 5.92 Å². The number of rotatable bonds is 3. The fraction of sp³-hybridized carbons (Fsp3) is 1.00. The second kappa shape index (κ2) is 6.14. The lowest BCUT2D eigenvalue weighted by molar-refractivity contribution is -0.363. The first-order valence-corrected chi connectivity index (χ1v) is 8.43. The highest BCUT2D eigenvalue weighted by Crippen LogP contribution is 2.51. The average molecular weight is 348 g/mol. The molecule has 3 heterocycles. The lowest BCUT2D eigenvalue weighted by atomic mass is 9.65. The van der Waals surface area contributed by atoms with Crippen LogP contribution in [0.15, 0.2) is 0 Å². The summed E-state index contributed by atoms with van der Waals surface area (Å²) in [7, 11) is 0. The monoisotopic (exact) mass is 348 g/mol. The Morgan fingerprint density at radius 3 is 2.25 bits per heavy atom. The summed E-state index contributed by atoms with van der Waals surface area (Å²) in [4.78, 5) is 0. The van der Waals surface area contributed by atoms with Crippen LogP contribution < -0.4 is 0 Å². The van der Waals surface area contributed by atoms with Gasteiger partial charge in [-0.2, -0.15) is 0 Å². The molecular weight excluding hydrogens is 320 g/mol. The lowest BCUT2D eigenvalue weighted by Crippen LogP contribution is -2.68. The predicted molar refractivity (Wildman–Crippen MR) is 80.9 cm³/mol. The van der Waals surface area contributed by atoms with Crippen molar-refractivity contribution in [1.82, 2.24) is 0 Å². The molecule has 0 aromatic rings. The van der Waals surface area contributed by atoms with Crippen molar-refractivity contribution in [2.45, 2.75) is 87.7 Å². The molecule has 8 heteroatoms. The molecule has 5 N–H and O–H groups in total. The van der Waals surface area contributed by atoms with E-state index in [0.717, 1.165) is 0 Å². The molecule has 140 valence electrons. The molecule has 2 bridgehead atoms. The van der Waals surface area contributed by atoms with Crippen LogP contribution in [0.25, 0.3) is 0 Å². The molecule has 24 heavy (non-hydrogen) atoms. The molecule has 0 amide bonds. The van der Waals surface area contributed by atoms with Crippen LogP contribution in [0.2, 0.25) is 0 Å². The number of aliphatic hydroxyl groups excluding tert-OH is 5. The molecule has 1 saturated carbocycles. The van der Waals surface area contributed by atoms with E-state index in [4.69, 9.17) is 14.2 Å². The third-order valence-electron chi connectivity index (χ3n) is 5.76. The fourth-order valence-corrected chi connectivity index (χ4v) is 4.40. The Labute approximate surface area is 141 Å². The van der Waals surface area contributed by atoms with E-state index in [0.29, 0.717) is 12.8 Å². The largest absolute Gasteiger partial charge is 0.394 e. The van der Waals surface area contributed by atoms with Gasteiger partial charge < -0.3 is 39.7 Å². The van der Waals surface area contributed by atoms with Gasteiger partial charge in [0.1, 0.15) is 24.4 Å². The number of hydrogen-bond donors (Lipinski definition) is 5. The lowest BCUT2D eigenvalue weighted by Gasteiger charge is -2.59.